The van der Waals surface area contributed by atoms with Crippen molar-refractivity contribution in [1.82, 2.24) is 10.3 Å². The van der Waals surface area contributed by atoms with Crippen LogP contribution in [-0.4, -0.2) is 16.9 Å². The van der Waals surface area contributed by atoms with Gasteiger partial charge < -0.3 is 5.32 Å². The van der Waals surface area contributed by atoms with Crippen LogP contribution in [0.5, 0.6) is 0 Å². The number of benzene rings is 2. The van der Waals surface area contributed by atoms with Crippen LogP contribution >= 0.6 is 11.6 Å². The molecule has 1 amide bonds. The van der Waals surface area contributed by atoms with Crippen LogP contribution in [0.3, 0.4) is 0 Å². The average molecular weight is 423 g/mol. The van der Waals surface area contributed by atoms with Gasteiger partial charge in [0.05, 0.1) is 5.52 Å². The van der Waals surface area contributed by atoms with E-state index in [1.165, 1.54) is 11.6 Å². The predicted molar refractivity (Wildman–Crippen MR) is 117 cm³/mol. The number of halogens is 2. The van der Waals surface area contributed by atoms with Crippen LogP contribution in [0.15, 0.2) is 54.7 Å². The van der Waals surface area contributed by atoms with Gasteiger partial charge in [-0.2, -0.15) is 0 Å². The fourth-order valence-corrected chi connectivity index (χ4v) is 5.69. The lowest BCUT2D eigenvalue weighted by Gasteiger charge is -2.22. The number of pyridine rings is 1. The summed E-state index contributed by atoms with van der Waals surface area (Å²) in [5, 5.41) is 4.81. The summed E-state index contributed by atoms with van der Waals surface area (Å²) < 4.78 is 13.8. The molecule has 3 aromatic rings. The third-order valence-corrected chi connectivity index (χ3v) is 7.27. The summed E-state index contributed by atoms with van der Waals surface area (Å²) in [5.74, 6) is 1.98. The second-order valence-electron chi connectivity index (χ2n) is 8.63. The Hall–Kier alpha value is -2.46. The van der Waals surface area contributed by atoms with Crippen LogP contribution in [0.4, 0.5) is 4.39 Å². The molecule has 2 saturated carbocycles. The largest absolute Gasteiger partial charge is 0.349 e. The van der Waals surface area contributed by atoms with Gasteiger partial charge in [0, 0.05) is 28.2 Å². The SMILES string of the molecule is CC[C@@H](NC(=O)c1ccc(Cl)cc1)[C@H]1[C@@H]2C[C@H](c3ccnc4ccc(F)cc34)C[C@@H]21. The lowest BCUT2D eigenvalue weighted by molar-refractivity contribution is 0.0927. The van der Waals surface area contributed by atoms with Crippen molar-refractivity contribution < 1.29 is 9.18 Å². The number of nitrogens with one attached hydrogen (secondary N) is 1. The van der Waals surface area contributed by atoms with Crippen molar-refractivity contribution in [2.75, 3.05) is 0 Å². The van der Waals surface area contributed by atoms with E-state index >= 15 is 0 Å². The van der Waals surface area contributed by atoms with Crippen molar-refractivity contribution in [2.45, 2.75) is 38.1 Å². The normalized spacial score (nSPS) is 25.7. The van der Waals surface area contributed by atoms with Gasteiger partial charge in [-0.25, -0.2) is 4.39 Å². The van der Waals surface area contributed by atoms with Crippen molar-refractivity contribution in [2.24, 2.45) is 17.8 Å². The molecular weight excluding hydrogens is 399 g/mol. The number of nitrogens with zero attached hydrogens (tertiary/aromatic N) is 1. The van der Waals surface area contributed by atoms with E-state index in [4.69, 9.17) is 11.6 Å². The predicted octanol–water partition coefficient (Wildman–Crippen LogP) is 5.98. The van der Waals surface area contributed by atoms with Crippen molar-refractivity contribution >= 4 is 28.4 Å². The quantitative estimate of drug-likeness (QED) is 0.549. The molecule has 0 unspecified atom stereocenters. The van der Waals surface area contributed by atoms with Crippen molar-refractivity contribution in [1.29, 1.82) is 0 Å². The highest BCUT2D eigenvalue weighted by atomic mass is 35.5. The molecule has 154 valence electrons. The summed E-state index contributed by atoms with van der Waals surface area (Å²) in [7, 11) is 0. The first-order valence-electron chi connectivity index (χ1n) is 10.7. The molecule has 3 nitrogen and oxygen atoms in total. The Balaban J connectivity index is 1.27. The van der Waals surface area contributed by atoms with E-state index in [9.17, 15) is 9.18 Å². The zero-order valence-electron chi connectivity index (χ0n) is 16.8. The summed E-state index contributed by atoms with van der Waals surface area (Å²) >= 11 is 5.93. The summed E-state index contributed by atoms with van der Waals surface area (Å²) in [6.45, 7) is 2.14. The molecule has 5 heteroatoms. The van der Waals surface area contributed by atoms with Crippen LogP contribution < -0.4 is 5.32 Å². The zero-order valence-corrected chi connectivity index (χ0v) is 17.6. The van der Waals surface area contributed by atoms with Crippen LogP contribution in [0.2, 0.25) is 5.02 Å². The maximum absolute atomic E-state index is 13.8. The van der Waals surface area contributed by atoms with E-state index in [0.29, 0.717) is 34.3 Å². The summed E-state index contributed by atoms with van der Waals surface area (Å²) in [4.78, 5) is 17.0. The molecule has 5 atom stereocenters. The molecule has 2 aliphatic rings. The summed E-state index contributed by atoms with van der Waals surface area (Å²) in [6, 6.07) is 14.1. The van der Waals surface area contributed by atoms with Crippen molar-refractivity contribution in [3.8, 4) is 0 Å². The Morgan fingerprint density at radius 3 is 2.60 bits per heavy atom. The molecule has 2 aliphatic carbocycles. The average Bonchev–Trinajstić information content (AvgIpc) is 3.23. The van der Waals surface area contributed by atoms with Gasteiger partial charge in [0.2, 0.25) is 0 Å². The van der Waals surface area contributed by atoms with E-state index < -0.39 is 0 Å². The molecule has 2 aromatic carbocycles. The van der Waals surface area contributed by atoms with Crippen molar-refractivity contribution in [3.05, 3.63) is 76.7 Å². The Labute approximate surface area is 180 Å². The highest BCUT2D eigenvalue weighted by molar-refractivity contribution is 6.30. The molecule has 1 heterocycles. The summed E-state index contributed by atoms with van der Waals surface area (Å²) in [6.07, 6.45) is 4.94. The van der Waals surface area contributed by atoms with E-state index in [1.54, 1.807) is 36.4 Å². The number of fused-ring (bicyclic) bond motifs is 2. The van der Waals surface area contributed by atoms with Crippen molar-refractivity contribution in [3.63, 3.8) is 0 Å². The van der Waals surface area contributed by atoms with Gasteiger partial charge in [0.15, 0.2) is 0 Å². The molecule has 1 aromatic heterocycles. The second-order valence-corrected chi connectivity index (χ2v) is 9.07. The Bertz CT molecular complexity index is 1090. The van der Waals surface area contributed by atoms with Crippen LogP contribution in [0, 0.1) is 23.6 Å². The lowest BCUT2D eigenvalue weighted by atomic mass is 9.88. The first-order chi connectivity index (χ1) is 14.5. The first kappa shape index (κ1) is 19.5. The third-order valence-electron chi connectivity index (χ3n) is 7.02. The molecule has 0 saturated heterocycles. The highest BCUT2D eigenvalue weighted by Crippen LogP contribution is 2.64. The minimum Gasteiger partial charge on any atom is -0.349 e. The molecule has 1 N–H and O–H groups in total. The van der Waals surface area contributed by atoms with Crippen LogP contribution in [0.1, 0.15) is 48.0 Å². The molecule has 0 spiro atoms. The monoisotopic (exact) mass is 422 g/mol. The Morgan fingerprint density at radius 1 is 1.17 bits per heavy atom. The van der Waals surface area contributed by atoms with Gasteiger partial charge in [-0.15, -0.1) is 0 Å². The standard InChI is InChI=1S/C25H24ClFN2O/c1-2-22(29-25(30)14-3-5-16(26)6-4-14)24-20-11-15(12-21(20)24)18-9-10-28-23-8-7-17(27)13-19(18)23/h3-10,13,15,20-22,24H,2,11-12H2,1H3,(H,29,30)/t15-,20+,21-,22-,24-/m1/s1. The number of aromatic nitrogens is 1. The van der Waals surface area contributed by atoms with Gasteiger partial charge in [-0.05, 0) is 97.0 Å². The molecule has 0 aliphatic heterocycles. The fourth-order valence-electron chi connectivity index (χ4n) is 5.56. The minimum atomic E-state index is -0.214. The number of hydrogen-bond donors (Lipinski definition) is 1. The van der Waals surface area contributed by atoms with E-state index in [0.717, 1.165) is 30.2 Å². The Morgan fingerprint density at radius 2 is 1.90 bits per heavy atom. The maximum Gasteiger partial charge on any atom is 0.251 e. The van der Waals surface area contributed by atoms with E-state index in [2.05, 4.69) is 17.2 Å². The minimum absolute atomic E-state index is 0.0318. The third kappa shape index (κ3) is 3.47. The molecule has 30 heavy (non-hydrogen) atoms. The first-order valence-corrected chi connectivity index (χ1v) is 11.0. The molecule has 0 bridgehead atoms. The van der Waals surface area contributed by atoms with Gasteiger partial charge in [-0.1, -0.05) is 18.5 Å². The smallest absolute Gasteiger partial charge is 0.251 e. The number of carbonyl (C=O) groups is 1. The molecule has 5 rings (SSSR count). The van der Waals surface area contributed by atoms with Gasteiger partial charge in [0.25, 0.3) is 5.91 Å². The highest BCUT2D eigenvalue weighted by Gasteiger charge is 2.58. The number of amides is 1. The van der Waals surface area contributed by atoms with Crippen LogP contribution in [-0.2, 0) is 0 Å². The zero-order chi connectivity index (χ0) is 20.8. The lowest BCUT2D eigenvalue weighted by Crippen LogP contribution is -2.37. The topological polar surface area (TPSA) is 42.0 Å². The molecular formula is C25H24ClFN2O. The van der Waals surface area contributed by atoms with Gasteiger partial charge >= 0.3 is 0 Å². The number of carbonyl (C=O) groups excluding carboxylic acids is 1. The van der Waals surface area contributed by atoms with Gasteiger partial charge in [-0.3, -0.25) is 9.78 Å². The molecule has 0 radical (unpaired) electrons. The Kier molecular flexibility index (Phi) is 4.98. The van der Waals surface area contributed by atoms with Gasteiger partial charge in [0.1, 0.15) is 5.82 Å². The maximum atomic E-state index is 13.8. The van der Waals surface area contributed by atoms with E-state index in [-0.39, 0.29) is 17.8 Å². The second kappa shape index (κ2) is 7.66. The van der Waals surface area contributed by atoms with Crippen LogP contribution in [0.25, 0.3) is 10.9 Å². The summed E-state index contributed by atoms with van der Waals surface area (Å²) in [5.41, 5.74) is 2.71. The molecule has 2 fully saturated rings. The number of rotatable bonds is 5. The van der Waals surface area contributed by atoms with E-state index in [1.807, 2.05) is 12.3 Å². The number of hydrogen-bond acceptors (Lipinski definition) is 2. The fraction of sp³-hybridized carbons (Fsp3) is 0.360.